The smallest absolute Gasteiger partial charge is 0.0792 e. The van der Waals surface area contributed by atoms with E-state index in [-0.39, 0.29) is 0 Å². The van der Waals surface area contributed by atoms with Crippen molar-refractivity contribution in [3.63, 3.8) is 0 Å². The Balaban J connectivity index is 1.92. The zero-order valence-electron chi connectivity index (χ0n) is 12.6. The predicted octanol–water partition coefficient (Wildman–Crippen LogP) is 5.62. The summed E-state index contributed by atoms with van der Waals surface area (Å²) in [5.41, 5.74) is 6.81. The highest BCUT2D eigenvalue weighted by atomic mass is 79.9. The summed E-state index contributed by atoms with van der Waals surface area (Å²) in [5.74, 6) is 0. The molecular weight excluding hydrogens is 378 g/mol. The van der Waals surface area contributed by atoms with Crippen molar-refractivity contribution in [1.82, 2.24) is 0 Å². The molecule has 0 amide bonds. The van der Waals surface area contributed by atoms with E-state index in [1.807, 2.05) is 17.6 Å². The molecule has 22 heavy (non-hydrogen) atoms. The molecule has 0 bridgehead atoms. The van der Waals surface area contributed by atoms with Crippen LogP contribution in [-0.4, -0.2) is 11.9 Å². The van der Waals surface area contributed by atoms with Crippen LogP contribution in [0, 0.1) is 6.92 Å². The van der Waals surface area contributed by atoms with E-state index < -0.39 is 0 Å². The molecule has 3 nitrogen and oxygen atoms in total. The van der Waals surface area contributed by atoms with Crippen molar-refractivity contribution >= 4 is 56.2 Å². The van der Waals surface area contributed by atoms with Crippen molar-refractivity contribution in [1.29, 1.82) is 0 Å². The zero-order chi connectivity index (χ0) is 15.5. The van der Waals surface area contributed by atoms with Crippen molar-refractivity contribution in [2.75, 3.05) is 5.43 Å². The molecule has 0 unspecified atom stereocenters. The second-order valence-corrected chi connectivity index (χ2v) is 8.85. The lowest BCUT2D eigenvalue weighted by Gasteiger charge is -2.03. The number of anilines is 1. The Hall–Kier alpha value is -0.980. The monoisotopic (exact) mass is 395 g/mol. The van der Waals surface area contributed by atoms with E-state index >= 15 is 0 Å². The number of aliphatic imine (C=N–C) groups is 1. The van der Waals surface area contributed by atoms with Gasteiger partial charge in [0.1, 0.15) is 0 Å². The van der Waals surface area contributed by atoms with Gasteiger partial charge in [-0.1, -0.05) is 13.3 Å². The first kappa shape index (κ1) is 15.9. The molecule has 116 valence electrons. The lowest BCUT2D eigenvalue weighted by Crippen LogP contribution is -1.99. The zero-order valence-corrected chi connectivity index (χ0v) is 15.9. The van der Waals surface area contributed by atoms with Crippen LogP contribution in [0.25, 0.3) is 0 Å². The molecule has 1 aliphatic rings. The molecule has 2 aromatic heterocycles. The number of halogens is 1. The molecule has 0 aromatic carbocycles. The third kappa shape index (κ3) is 3.34. The first-order valence-corrected chi connectivity index (χ1v) is 9.79. The molecule has 3 heterocycles. The van der Waals surface area contributed by atoms with Gasteiger partial charge in [0.2, 0.25) is 0 Å². The van der Waals surface area contributed by atoms with Gasteiger partial charge in [-0.3, -0.25) is 10.4 Å². The summed E-state index contributed by atoms with van der Waals surface area (Å²) in [6.45, 7) is 5.14. The summed E-state index contributed by atoms with van der Waals surface area (Å²) in [5, 5.41) is 4.30. The number of thiophene rings is 2. The lowest BCUT2D eigenvalue weighted by atomic mass is 10.1. The summed E-state index contributed by atoms with van der Waals surface area (Å²) in [4.78, 5) is 8.85. The van der Waals surface area contributed by atoms with Crippen LogP contribution < -0.4 is 5.43 Å². The fourth-order valence-corrected chi connectivity index (χ4v) is 5.23. The summed E-state index contributed by atoms with van der Waals surface area (Å²) in [6, 6.07) is 4.21. The first-order chi connectivity index (χ1) is 10.7. The average Bonchev–Trinajstić information content (AvgIpc) is 2.97. The SMILES string of the molecule is CCCc1sc2c(c1C)NN=CCC2=NCc1ccc(Br)s1. The second-order valence-electron chi connectivity index (χ2n) is 5.20. The highest BCUT2D eigenvalue weighted by Crippen LogP contribution is 2.36. The molecule has 1 aliphatic heterocycles. The van der Waals surface area contributed by atoms with Crippen LogP contribution in [0.2, 0.25) is 0 Å². The summed E-state index contributed by atoms with van der Waals surface area (Å²) >= 11 is 7.12. The van der Waals surface area contributed by atoms with Crippen LogP contribution in [-0.2, 0) is 13.0 Å². The Morgan fingerprint density at radius 3 is 2.95 bits per heavy atom. The molecule has 0 saturated heterocycles. The number of nitrogens with one attached hydrogen (secondary N) is 1. The Morgan fingerprint density at radius 2 is 2.23 bits per heavy atom. The normalized spacial score (nSPS) is 15.7. The lowest BCUT2D eigenvalue weighted by molar-refractivity contribution is 0.933. The number of hydrogen-bond donors (Lipinski definition) is 1. The molecule has 6 heteroatoms. The van der Waals surface area contributed by atoms with Crippen LogP contribution in [0.3, 0.4) is 0 Å². The van der Waals surface area contributed by atoms with Gasteiger partial charge in [0.25, 0.3) is 0 Å². The van der Waals surface area contributed by atoms with E-state index in [2.05, 4.69) is 52.4 Å². The van der Waals surface area contributed by atoms with Crippen LogP contribution in [0.1, 0.15) is 40.0 Å². The molecular formula is C16H18BrN3S2. The van der Waals surface area contributed by atoms with Crippen LogP contribution in [0.15, 0.2) is 26.0 Å². The summed E-state index contributed by atoms with van der Waals surface area (Å²) < 4.78 is 1.16. The van der Waals surface area contributed by atoms with E-state index in [1.54, 1.807) is 11.3 Å². The van der Waals surface area contributed by atoms with Crippen molar-refractivity contribution < 1.29 is 0 Å². The van der Waals surface area contributed by atoms with Gasteiger partial charge in [-0.05, 0) is 47.0 Å². The highest BCUT2D eigenvalue weighted by molar-refractivity contribution is 9.11. The van der Waals surface area contributed by atoms with E-state index in [0.29, 0.717) is 0 Å². The number of hydrazone groups is 1. The molecule has 0 aliphatic carbocycles. The van der Waals surface area contributed by atoms with Crippen LogP contribution in [0.4, 0.5) is 5.69 Å². The number of nitrogens with zero attached hydrogens (tertiary/aromatic N) is 2. The average molecular weight is 396 g/mol. The third-order valence-electron chi connectivity index (χ3n) is 3.59. The molecule has 0 spiro atoms. The Labute approximate surface area is 147 Å². The third-order valence-corrected chi connectivity index (χ3v) is 6.60. The second kappa shape index (κ2) is 7.06. The van der Waals surface area contributed by atoms with Gasteiger partial charge in [-0.25, -0.2) is 0 Å². The van der Waals surface area contributed by atoms with Crippen LogP contribution >= 0.6 is 38.6 Å². The summed E-state index contributed by atoms with van der Waals surface area (Å²) in [6.07, 6.45) is 4.99. The number of rotatable bonds is 4. The van der Waals surface area contributed by atoms with Gasteiger partial charge in [-0.15, -0.1) is 22.7 Å². The molecule has 0 radical (unpaired) electrons. The maximum atomic E-state index is 4.87. The predicted molar refractivity (Wildman–Crippen MR) is 102 cm³/mol. The molecule has 0 atom stereocenters. The van der Waals surface area contributed by atoms with E-state index in [9.17, 15) is 0 Å². The fourth-order valence-electron chi connectivity index (χ4n) is 2.45. The maximum absolute atomic E-state index is 4.87. The minimum Gasteiger partial charge on any atom is -0.282 e. The van der Waals surface area contributed by atoms with Gasteiger partial charge in [0.05, 0.1) is 26.6 Å². The van der Waals surface area contributed by atoms with E-state index in [0.717, 1.165) is 34.6 Å². The quantitative estimate of drug-likeness (QED) is 0.715. The van der Waals surface area contributed by atoms with Crippen molar-refractivity contribution in [2.24, 2.45) is 10.1 Å². The standard InChI is InChI=1S/C16H18BrN3S2/c1-3-4-13-10(2)15-16(22-13)12(7-8-19-20-15)18-9-11-5-6-14(17)21-11/h5-6,8,20H,3-4,7,9H2,1-2H3. The molecule has 0 fully saturated rings. The number of hydrogen-bond acceptors (Lipinski definition) is 5. The van der Waals surface area contributed by atoms with Crippen molar-refractivity contribution in [3.05, 3.63) is 36.1 Å². The van der Waals surface area contributed by atoms with Gasteiger partial charge >= 0.3 is 0 Å². The maximum Gasteiger partial charge on any atom is 0.0792 e. The molecule has 3 rings (SSSR count). The molecule has 0 saturated carbocycles. The van der Waals surface area contributed by atoms with Gasteiger partial charge in [0, 0.05) is 22.4 Å². The summed E-state index contributed by atoms with van der Waals surface area (Å²) in [7, 11) is 0. The van der Waals surface area contributed by atoms with Crippen molar-refractivity contribution in [3.8, 4) is 0 Å². The molecule has 1 N–H and O–H groups in total. The van der Waals surface area contributed by atoms with Crippen LogP contribution in [0.5, 0.6) is 0 Å². The largest absolute Gasteiger partial charge is 0.282 e. The van der Waals surface area contributed by atoms with Gasteiger partial charge in [0.15, 0.2) is 0 Å². The Kier molecular flexibility index (Phi) is 5.10. The van der Waals surface area contributed by atoms with E-state index in [4.69, 9.17) is 4.99 Å². The van der Waals surface area contributed by atoms with Gasteiger partial charge < -0.3 is 0 Å². The van der Waals surface area contributed by atoms with Gasteiger partial charge in [-0.2, -0.15) is 5.10 Å². The van der Waals surface area contributed by atoms with Crippen molar-refractivity contribution in [2.45, 2.75) is 39.7 Å². The Morgan fingerprint density at radius 1 is 1.36 bits per heavy atom. The molecule has 2 aromatic rings. The fraction of sp³-hybridized carbons (Fsp3) is 0.375. The number of fused-ring (bicyclic) bond motifs is 1. The first-order valence-electron chi connectivity index (χ1n) is 7.36. The minimum absolute atomic E-state index is 0.735. The highest BCUT2D eigenvalue weighted by Gasteiger charge is 2.19. The van der Waals surface area contributed by atoms with E-state index in [1.165, 1.54) is 26.6 Å². The minimum atomic E-state index is 0.735. The number of aryl methyl sites for hydroxylation is 1. The topological polar surface area (TPSA) is 36.8 Å². The Bertz CT molecular complexity index is 728.